The SMILES string of the molecule is O=C(CCS)Nc1ccc(C(=O)O)cc1. The first kappa shape index (κ1) is 11.6. The smallest absolute Gasteiger partial charge is 0.335 e. The Hall–Kier alpha value is -1.49. The number of nitrogens with one attached hydrogen (secondary N) is 1. The largest absolute Gasteiger partial charge is 0.478 e. The molecule has 1 aromatic carbocycles. The van der Waals surface area contributed by atoms with E-state index < -0.39 is 5.97 Å². The van der Waals surface area contributed by atoms with Crippen molar-refractivity contribution in [3.05, 3.63) is 29.8 Å². The highest BCUT2D eigenvalue weighted by molar-refractivity contribution is 7.80. The quantitative estimate of drug-likeness (QED) is 0.682. The van der Waals surface area contributed by atoms with E-state index in [1.807, 2.05) is 0 Å². The van der Waals surface area contributed by atoms with Crippen molar-refractivity contribution in [2.45, 2.75) is 6.42 Å². The minimum absolute atomic E-state index is 0.131. The van der Waals surface area contributed by atoms with E-state index in [0.29, 0.717) is 17.9 Å². The molecule has 80 valence electrons. The molecule has 0 bridgehead atoms. The normalized spacial score (nSPS) is 9.67. The number of carboxylic acids is 1. The van der Waals surface area contributed by atoms with Crippen LogP contribution in [0.15, 0.2) is 24.3 Å². The zero-order valence-electron chi connectivity index (χ0n) is 7.93. The molecule has 0 heterocycles. The summed E-state index contributed by atoms with van der Waals surface area (Å²) < 4.78 is 0. The number of benzene rings is 1. The number of anilines is 1. The summed E-state index contributed by atoms with van der Waals surface area (Å²) >= 11 is 3.93. The van der Waals surface area contributed by atoms with Crippen LogP contribution in [0.5, 0.6) is 0 Å². The molecule has 1 rings (SSSR count). The molecule has 0 fully saturated rings. The van der Waals surface area contributed by atoms with E-state index >= 15 is 0 Å². The molecule has 0 aromatic heterocycles. The Kier molecular flexibility index (Phi) is 4.17. The summed E-state index contributed by atoms with van der Waals surface area (Å²) in [6.45, 7) is 0. The van der Waals surface area contributed by atoms with Crippen molar-refractivity contribution in [2.24, 2.45) is 0 Å². The van der Waals surface area contributed by atoms with Crippen LogP contribution in [0, 0.1) is 0 Å². The van der Waals surface area contributed by atoms with E-state index in [2.05, 4.69) is 17.9 Å². The minimum atomic E-state index is -0.983. The van der Waals surface area contributed by atoms with Crippen molar-refractivity contribution in [3.8, 4) is 0 Å². The van der Waals surface area contributed by atoms with Gasteiger partial charge in [0.1, 0.15) is 0 Å². The third-order valence-electron chi connectivity index (χ3n) is 1.75. The highest BCUT2D eigenvalue weighted by atomic mass is 32.1. The molecule has 1 amide bonds. The number of hydrogen-bond acceptors (Lipinski definition) is 3. The molecule has 0 unspecified atom stereocenters. The van der Waals surface area contributed by atoms with Crippen molar-refractivity contribution in [1.29, 1.82) is 0 Å². The maximum absolute atomic E-state index is 11.2. The molecule has 0 saturated carbocycles. The van der Waals surface area contributed by atoms with E-state index in [9.17, 15) is 9.59 Å². The zero-order chi connectivity index (χ0) is 11.3. The molecule has 15 heavy (non-hydrogen) atoms. The number of carbonyl (C=O) groups excluding carboxylic acids is 1. The number of carbonyl (C=O) groups is 2. The summed E-state index contributed by atoms with van der Waals surface area (Å²) in [5, 5.41) is 11.3. The van der Waals surface area contributed by atoms with E-state index in [1.165, 1.54) is 12.1 Å². The summed E-state index contributed by atoms with van der Waals surface area (Å²) in [6.07, 6.45) is 0.337. The molecule has 5 heteroatoms. The first-order chi connectivity index (χ1) is 7.13. The first-order valence-corrected chi connectivity index (χ1v) is 5.01. The molecule has 1 aromatic rings. The van der Waals surface area contributed by atoms with Gasteiger partial charge in [-0.25, -0.2) is 4.79 Å². The number of amides is 1. The summed E-state index contributed by atoms with van der Waals surface area (Å²) in [5.41, 5.74) is 0.786. The molecule has 0 spiro atoms. The van der Waals surface area contributed by atoms with Crippen molar-refractivity contribution in [1.82, 2.24) is 0 Å². The third-order valence-corrected chi connectivity index (χ3v) is 1.98. The topological polar surface area (TPSA) is 66.4 Å². The minimum Gasteiger partial charge on any atom is -0.478 e. The molecule has 0 aliphatic heterocycles. The maximum Gasteiger partial charge on any atom is 0.335 e. The lowest BCUT2D eigenvalue weighted by Crippen LogP contribution is -2.11. The first-order valence-electron chi connectivity index (χ1n) is 4.37. The van der Waals surface area contributed by atoms with Crippen molar-refractivity contribution in [3.63, 3.8) is 0 Å². The van der Waals surface area contributed by atoms with Crippen LogP contribution < -0.4 is 5.32 Å². The highest BCUT2D eigenvalue weighted by Crippen LogP contribution is 2.09. The van der Waals surface area contributed by atoms with Crippen LogP contribution in [0.25, 0.3) is 0 Å². The van der Waals surface area contributed by atoms with Gasteiger partial charge in [-0.3, -0.25) is 4.79 Å². The summed E-state index contributed by atoms with van der Waals surface area (Å²) in [7, 11) is 0. The van der Waals surface area contributed by atoms with Gasteiger partial charge in [-0.1, -0.05) is 0 Å². The number of rotatable bonds is 4. The second-order valence-corrected chi connectivity index (χ2v) is 3.35. The van der Waals surface area contributed by atoms with Crippen LogP contribution in [0.3, 0.4) is 0 Å². The lowest BCUT2D eigenvalue weighted by atomic mass is 10.2. The van der Waals surface area contributed by atoms with Crippen LogP contribution in [0.2, 0.25) is 0 Å². The number of thiol groups is 1. The van der Waals surface area contributed by atoms with Crippen LogP contribution in [0.4, 0.5) is 5.69 Å². The Morgan fingerprint density at radius 3 is 2.33 bits per heavy atom. The standard InChI is InChI=1S/C10H11NO3S/c12-9(5-6-15)11-8-3-1-7(2-4-8)10(13)14/h1-4,15H,5-6H2,(H,11,12)(H,13,14). The fourth-order valence-electron chi connectivity index (χ4n) is 1.02. The highest BCUT2D eigenvalue weighted by Gasteiger charge is 2.03. The molecule has 2 N–H and O–H groups in total. The zero-order valence-corrected chi connectivity index (χ0v) is 8.83. The van der Waals surface area contributed by atoms with Crippen LogP contribution in [-0.4, -0.2) is 22.7 Å². The number of aromatic carboxylic acids is 1. The van der Waals surface area contributed by atoms with Gasteiger partial charge in [0.2, 0.25) is 5.91 Å². The Balaban J connectivity index is 2.64. The van der Waals surface area contributed by atoms with Crippen molar-refractivity contribution in [2.75, 3.05) is 11.1 Å². The molecule has 0 aliphatic rings. The monoisotopic (exact) mass is 225 g/mol. The fourth-order valence-corrected chi connectivity index (χ4v) is 1.22. The predicted octanol–water partition coefficient (Wildman–Crippen LogP) is 1.64. The molecule has 0 atom stereocenters. The molecule has 4 nitrogen and oxygen atoms in total. The van der Waals surface area contributed by atoms with Crippen LogP contribution >= 0.6 is 12.6 Å². The molecular weight excluding hydrogens is 214 g/mol. The van der Waals surface area contributed by atoms with Crippen molar-refractivity contribution < 1.29 is 14.7 Å². The van der Waals surface area contributed by atoms with Gasteiger partial charge in [-0.05, 0) is 30.0 Å². The lowest BCUT2D eigenvalue weighted by molar-refractivity contribution is -0.115. The van der Waals surface area contributed by atoms with Crippen LogP contribution in [-0.2, 0) is 4.79 Å². The second kappa shape index (κ2) is 5.41. The van der Waals surface area contributed by atoms with Gasteiger partial charge in [-0.15, -0.1) is 0 Å². The number of carboxylic acid groups (broad SMARTS) is 1. The van der Waals surface area contributed by atoms with Gasteiger partial charge in [-0.2, -0.15) is 12.6 Å². The van der Waals surface area contributed by atoms with Gasteiger partial charge in [0.15, 0.2) is 0 Å². The molecule has 0 aliphatic carbocycles. The summed E-state index contributed by atoms with van der Waals surface area (Å²) in [5.74, 6) is -0.629. The number of hydrogen-bond donors (Lipinski definition) is 3. The third kappa shape index (κ3) is 3.63. The molecule has 0 saturated heterocycles. The maximum atomic E-state index is 11.2. The molecule has 0 radical (unpaired) electrons. The van der Waals surface area contributed by atoms with E-state index in [0.717, 1.165) is 0 Å². The second-order valence-electron chi connectivity index (χ2n) is 2.90. The molecular formula is C10H11NO3S. The van der Waals surface area contributed by atoms with Gasteiger partial charge in [0.25, 0.3) is 0 Å². The van der Waals surface area contributed by atoms with E-state index in [4.69, 9.17) is 5.11 Å². The average Bonchev–Trinajstić information content (AvgIpc) is 2.18. The van der Waals surface area contributed by atoms with Gasteiger partial charge in [0.05, 0.1) is 5.56 Å². The Morgan fingerprint density at radius 1 is 1.27 bits per heavy atom. The van der Waals surface area contributed by atoms with E-state index in [-0.39, 0.29) is 11.5 Å². The van der Waals surface area contributed by atoms with Gasteiger partial charge in [0, 0.05) is 12.1 Å². The van der Waals surface area contributed by atoms with E-state index in [1.54, 1.807) is 12.1 Å². The van der Waals surface area contributed by atoms with Gasteiger partial charge >= 0.3 is 5.97 Å². The summed E-state index contributed by atoms with van der Waals surface area (Å²) in [4.78, 5) is 21.7. The Labute approximate surface area is 92.7 Å². The predicted molar refractivity (Wildman–Crippen MR) is 60.5 cm³/mol. The fraction of sp³-hybridized carbons (Fsp3) is 0.200. The summed E-state index contributed by atoms with van der Waals surface area (Å²) in [6, 6.07) is 6.00. The average molecular weight is 225 g/mol. The lowest BCUT2D eigenvalue weighted by Gasteiger charge is -2.03. The van der Waals surface area contributed by atoms with Crippen molar-refractivity contribution >= 4 is 30.2 Å². The van der Waals surface area contributed by atoms with Crippen LogP contribution in [0.1, 0.15) is 16.8 Å². The Morgan fingerprint density at radius 2 is 1.87 bits per heavy atom. The Bertz CT molecular complexity index is 361. The van der Waals surface area contributed by atoms with Gasteiger partial charge < -0.3 is 10.4 Å².